The molecule has 3 aromatic carbocycles. The summed E-state index contributed by atoms with van der Waals surface area (Å²) in [5, 5.41) is 3.47. The summed E-state index contributed by atoms with van der Waals surface area (Å²) >= 11 is 0. The van der Waals surface area contributed by atoms with Crippen LogP contribution in [0.3, 0.4) is 0 Å². The minimum atomic E-state index is -0.594. The summed E-state index contributed by atoms with van der Waals surface area (Å²) in [7, 11) is 0. The van der Waals surface area contributed by atoms with Crippen molar-refractivity contribution in [1.29, 1.82) is 0 Å². The molecular formula is C30H36FN3O. The summed E-state index contributed by atoms with van der Waals surface area (Å²) < 4.78 is 13.7. The van der Waals surface area contributed by atoms with Crippen molar-refractivity contribution < 1.29 is 9.18 Å². The zero-order valence-electron chi connectivity index (χ0n) is 21.2. The van der Waals surface area contributed by atoms with Crippen molar-refractivity contribution in [3.05, 3.63) is 99.4 Å². The maximum atomic E-state index is 13.7. The second-order valence-corrected chi connectivity index (χ2v) is 9.77. The first kappa shape index (κ1) is 24.9. The standard InChI is InChI=1S/C30H36FN3O/c1-5-34(30(35)27(32)18-25-20(3)13-19(2)14-21(25)4)29-11-12-33-28-10-9-23(17-26(28)29)15-22-7-6-8-24(31)16-22/h6-10,13-14,16-17,27,29,33H,5,11-12,15,18,32H2,1-4H3. The summed E-state index contributed by atoms with van der Waals surface area (Å²) in [5.41, 5.74) is 15.5. The Morgan fingerprint density at radius 2 is 1.80 bits per heavy atom. The van der Waals surface area contributed by atoms with Gasteiger partial charge < -0.3 is 16.0 Å². The summed E-state index contributed by atoms with van der Waals surface area (Å²) in [5.74, 6) is -0.240. The number of aryl methyl sites for hydroxylation is 3. The van der Waals surface area contributed by atoms with Crippen LogP contribution in [0.2, 0.25) is 0 Å². The molecule has 3 N–H and O–H groups in total. The molecule has 35 heavy (non-hydrogen) atoms. The van der Waals surface area contributed by atoms with Gasteiger partial charge in [-0.25, -0.2) is 4.39 Å². The van der Waals surface area contributed by atoms with Gasteiger partial charge in [-0.2, -0.15) is 0 Å². The van der Waals surface area contributed by atoms with Crippen molar-refractivity contribution in [3.63, 3.8) is 0 Å². The van der Waals surface area contributed by atoms with Crippen LogP contribution < -0.4 is 11.1 Å². The van der Waals surface area contributed by atoms with Crippen LogP contribution in [-0.4, -0.2) is 29.9 Å². The number of rotatable bonds is 7. The van der Waals surface area contributed by atoms with E-state index in [9.17, 15) is 9.18 Å². The van der Waals surface area contributed by atoms with Crippen LogP contribution in [0.1, 0.15) is 58.3 Å². The summed E-state index contributed by atoms with van der Waals surface area (Å²) in [6.07, 6.45) is 2.00. The number of benzene rings is 3. The van der Waals surface area contributed by atoms with Crippen LogP contribution in [0.5, 0.6) is 0 Å². The van der Waals surface area contributed by atoms with Gasteiger partial charge in [-0.15, -0.1) is 0 Å². The van der Waals surface area contributed by atoms with Crippen LogP contribution in [0.25, 0.3) is 0 Å². The second-order valence-electron chi connectivity index (χ2n) is 9.77. The minimum Gasteiger partial charge on any atom is -0.385 e. The molecule has 0 radical (unpaired) electrons. The molecule has 2 atom stereocenters. The third-order valence-electron chi connectivity index (χ3n) is 7.09. The number of nitrogens with zero attached hydrogens (tertiary/aromatic N) is 1. The molecule has 0 saturated carbocycles. The van der Waals surface area contributed by atoms with E-state index in [1.165, 1.54) is 22.8 Å². The maximum Gasteiger partial charge on any atom is 0.240 e. The van der Waals surface area contributed by atoms with Gasteiger partial charge in [-0.1, -0.05) is 42.0 Å². The monoisotopic (exact) mass is 473 g/mol. The number of carbonyl (C=O) groups excluding carboxylic acids is 1. The minimum absolute atomic E-state index is 0.0136. The van der Waals surface area contributed by atoms with Crippen molar-refractivity contribution in [3.8, 4) is 0 Å². The van der Waals surface area contributed by atoms with Gasteiger partial charge in [0.1, 0.15) is 5.82 Å². The maximum absolute atomic E-state index is 13.7. The molecule has 2 unspecified atom stereocenters. The van der Waals surface area contributed by atoms with Crippen LogP contribution in [0, 0.1) is 26.6 Å². The van der Waals surface area contributed by atoms with Gasteiger partial charge in [-0.3, -0.25) is 4.79 Å². The lowest BCUT2D eigenvalue weighted by atomic mass is 9.91. The molecule has 0 bridgehead atoms. The number of nitrogens with one attached hydrogen (secondary N) is 1. The average molecular weight is 474 g/mol. The van der Waals surface area contributed by atoms with Crippen LogP contribution in [0.4, 0.5) is 10.1 Å². The highest BCUT2D eigenvalue weighted by molar-refractivity contribution is 5.83. The van der Waals surface area contributed by atoms with Gasteiger partial charge in [-0.05, 0) is 98.5 Å². The number of nitrogens with two attached hydrogens (primary N) is 1. The highest BCUT2D eigenvalue weighted by Gasteiger charge is 2.31. The number of hydrogen-bond donors (Lipinski definition) is 2. The molecule has 4 rings (SSSR count). The van der Waals surface area contributed by atoms with E-state index in [4.69, 9.17) is 5.73 Å². The van der Waals surface area contributed by atoms with E-state index in [0.717, 1.165) is 40.9 Å². The lowest BCUT2D eigenvalue weighted by Gasteiger charge is -2.37. The Bertz CT molecular complexity index is 1200. The summed E-state index contributed by atoms with van der Waals surface area (Å²) in [4.78, 5) is 15.6. The molecule has 0 fully saturated rings. The molecule has 1 heterocycles. The van der Waals surface area contributed by atoms with E-state index in [1.54, 1.807) is 12.1 Å². The van der Waals surface area contributed by atoms with E-state index in [1.807, 2.05) is 17.9 Å². The van der Waals surface area contributed by atoms with Gasteiger partial charge in [0.05, 0.1) is 12.1 Å². The lowest BCUT2D eigenvalue weighted by molar-refractivity contribution is -0.135. The van der Waals surface area contributed by atoms with E-state index in [2.05, 4.69) is 56.4 Å². The molecule has 0 saturated heterocycles. The first-order chi connectivity index (χ1) is 16.8. The number of fused-ring (bicyclic) bond motifs is 1. The Kier molecular flexibility index (Phi) is 7.56. The molecule has 184 valence electrons. The van der Waals surface area contributed by atoms with Crippen LogP contribution >= 0.6 is 0 Å². The molecular weight excluding hydrogens is 437 g/mol. The molecule has 0 spiro atoms. The highest BCUT2D eigenvalue weighted by atomic mass is 19.1. The number of carbonyl (C=O) groups is 1. The van der Waals surface area contributed by atoms with Gasteiger partial charge in [0.2, 0.25) is 5.91 Å². The smallest absolute Gasteiger partial charge is 0.240 e. The molecule has 1 amide bonds. The second kappa shape index (κ2) is 10.6. The number of anilines is 1. The average Bonchev–Trinajstić information content (AvgIpc) is 2.82. The molecule has 5 heteroatoms. The number of halogens is 1. The lowest BCUT2D eigenvalue weighted by Crippen LogP contribution is -2.47. The Morgan fingerprint density at radius 3 is 2.49 bits per heavy atom. The van der Waals surface area contributed by atoms with Crippen molar-refractivity contribution in [2.75, 3.05) is 18.4 Å². The van der Waals surface area contributed by atoms with Crippen molar-refractivity contribution in [2.24, 2.45) is 5.73 Å². The van der Waals surface area contributed by atoms with Crippen molar-refractivity contribution >= 4 is 11.6 Å². The molecule has 0 aliphatic carbocycles. The molecule has 0 aromatic heterocycles. The third-order valence-corrected chi connectivity index (χ3v) is 7.09. The van der Waals surface area contributed by atoms with E-state index in [-0.39, 0.29) is 17.8 Å². The Labute approximate surface area is 208 Å². The predicted molar refractivity (Wildman–Crippen MR) is 141 cm³/mol. The molecule has 1 aliphatic heterocycles. The quantitative estimate of drug-likeness (QED) is 0.468. The van der Waals surface area contributed by atoms with Gasteiger partial charge in [0, 0.05) is 18.8 Å². The third kappa shape index (κ3) is 5.57. The largest absolute Gasteiger partial charge is 0.385 e. The first-order valence-electron chi connectivity index (χ1n) is 12.5. The van der Waals surface area contributed by atoms with Crippen molar-refractivity contribution in [1.82, 2.24) is 4.90 Å². The Balaban J connectivity index is 1.57. The van der Waals surface area contributed by atoms with Crippen LogP contribution in [-0.2, 0) is 17.6 Å². The fourth-order valence-electron chi connectivity index (χ4n) is 5.45. The molecule has 1 aliphatic rings. The number of hydrogen-bond acceptors (Lipinski definition) is 3. The molecule has 3 aromatic rings. The zero-order chi connectivity index (χ0) is 25.1. The summed E-state index contributed by atoms with van der Waals surface area (Å²) in [6.45, 7) is 9.68. The Hall–Kier alpha value is -3.18. The van der Waals surface area contributed by atoms with Crippen LogP contribution in [0.15, 0.2) is 54.6 Å². The van der Waals surface area contributed by atoms with Gasteiger partial charge >= 0.3 is 0 Å². The van der Waals surface area contributed by atoms with E-state index in [0.29, 0.717) is 19.4 Å². The zero-order valence-corrected chi connectivity index (χ0v) is 21.2. The normalized spacial score (nSPS) is 15.8. The fourth-order valence-corrected chi connectivity index (χ4v) is 5.45. The fraction of sp³-hybridized carbons (Fsp3) is 0.367. The van der Waals surface area contributed by atoms with E-state index >= 15 is 0 Å². The SMILES string of the molecule is CCN(C(=O)C(N)Cc1c(C)cc(C)cc1C)C1CCNc2ccc(Cc3cccc(F)c3)cc21. The molecule has 4 nitrogen and oxygen atoms in total. The predicted octanol–water partition coefficient (Wildman–Crippen LogP) is 5.62. The first-order valence-corrected chi connectivity index (χ1v) is 12.5. The number of amides is 1. The van der Waals surface area contributed by atoms with Gasteiger partial charge in [0.25, 0.3) is 0 Å². The highest BCUT2D eigenvalue weighted by Crippen LogP contribution is 2.36. The van der Waals surface area contributed by atoms with Crippen molar-refractivity contribution in [2.45, 2.75) is 59.0 Å². The summed E-state index contributed by atoms with van der Waals surface area (Å²) in [6, 6.07) is 16.7. The topological polar surface area (TPSA) is 58.4 Å². The Morgan fingerprint density at radius 1 is 1.09 bits per heavy atom. The van der Waals surface area contributed by atoms with E-state index < -0.39 is 6.04 Å². The van der Waals surface area contributed by atoms with Gasteiger partial charge in [0.15, 0.2) is 0 Å². The number of likely N-dealkylation sites (N-methyl/N-ethyl adjacent to an activating group) is 1.